The number of hydrogen-bond donors (Lipinski definition) is 1. The van der Waals surface area contributed by atoms with Crippen LogP contribution in [0.15, 0.2) is 18.2 Å². The predicted molar refractivity (Wildman–Crippen MR) is 69.3 cm³/mol. The van der Waals surface area contributed by atoms with Crippen LogP contribution in [0.4, 0.5) is 5.69 Å². The lowest BCUT2D eigenvalue weighted by atomic mass is 9.92. The van der Waals surface area contributed by atoms with Crippen molar-refractivity contribution < 1.29 is 19.5 Å². The van der Waals surface area contributed by atoms with Crippen LogP contribution in [0.25, 0.3) is 0 Å². The van der Waals surface area contributed by atoms with Gasteiger partial charge in [0.2, 0.25) is 11.8 Å². The maximum absolute atomic E-state index is 12.2. The molecule has 1 saturated heterocycles. The van der Waals surface area contributed by atoms with Crippen LogP contribution < -0.4 is 4.90 Å². The number of aromatic carboxylic acids is 1. The van der Waals surface area contributed by atoms with Crippen LogP contribution in [0, 0.1) is 5.41 Å². The van der Waals surface area contributed by atoms with E-state index in [-0.39, 0.29) is 22.7 Å². The highest BCUT2D eigenvalue weighted by Gasteiger charge is 2.46. The number of amides is 2. The summed E-state index contributed by atoms with van der Waals surface area (Å²) in [6, 6.07) is 4.33. The molecule has 0 bridgehead atoms. The Morgan fingerprint density at radius 3 is 2.47 bits per heavy atom. The molecule has 19 heavy (non-hydrogen) atoms. The highest BCUT2D eigenvalue weighted by molar-refractivity contribution is 6.35. The van der Waals surface area contributed by atoms with E-state index in [0.29, 0.717) is 0 Å². The van der Waals surface area contributed by atoms with Crippen molar-refractivity contribution in [3.63, 3.8) is 0 Å². The molecule has 1 heterocycles. The molecule has 100 valence electrons. The second-order valence-electron chi connectivity index (χ2n) is 5.03. The van der Waals surface area contributed by atoms with Gasteiger partial charge in [0.05, 0.1) is 16.1 Å². The topological polar surface area (TPSA) is 74.7 Å². The first-order chi connectivity index (χ1) is 8.75. The summed E-state index contributed by atoms with van der Waals surface area (Å²) < 4.78 is 0. The Bertz CT molecular complexity index is 594. The second kappa shape index (κ2) is 4.35. The number of carboxylic acids is 1. The first-order valence-corrected chi connectivity index (χ1v) is 6.02. The van der Waals surface area contributed by atoms with Crippen LogP contribution in [0.5, 0.6) is 0 Å². The molecule has 5 nitrogen and oxygen atoms in total. The second-order valence-corrected chi connectivity index (χ2v) is 5.44. The summed E-state index contributed by atoms with van der Waals surface area (Å²) in [5.41, 5.74) is -1.03. The number of imide groups is 1. The molecule has 6 heteroatoms. The van der Waals surface area contributed by atoms with Crippen LogP contribution in [-0.4, -0.2) is 22.9 Å². The molecule has 2 amide bonds. The van der Waals surface area contributed by atoms with Crippen LogP contribution >= 0.6 is 11.6 Å². The average molecular weight is 282 g/mol. The maximum Gasteiger partial charge on any atom is 0.339 e. The Balaban J connectivity index is 2.61. The molecule has 0 aliphatic carbocycles. The fraction of sp³-hybridized carbons (Fsp3) is 0.308. The molecule has 1 aromatic carbocycles. The Kier molecular flexibility index (Phi) is 3.10. The average Bonchev–Trinajstić information content (AvgIpc) is 2.47. The van der Waals surface area contributed by atoms with E-state index in [1.54, 1.807) is 13.8 Å². The molecule has 1 aromatic rings. The van der Waals surface area contributed by atoms with Crippen molar-refractivity contribution in [1.82, 2.24) is 0 Å². The zero-order chi connectivity index (χ0) is 14.4. The van der Waals surface area contributed by atoms with E-state index in [0.717, 1.165) is 4.90 Å². The number of halogens is 1. The van der Waals surface area contributed by atoms with Gasteiger partial charge in [-0.15, -0.1) is 0 Å². The summed E-state index contributed by atoms with van der Waals surface area (Å²) in [5.74, 6) is -2.10. The van der Waals surface area contributed by atoms with Gasteiger partial charge in [0.1, 0.15) is 5.56 Å². The van der Waals surface area contributed by atoms with Crippen molar-refractivity contribution in [3.05, 3.63) is 28.8 Å². The number of carboxylic acid groups (broad SMARTS) is 1. The van der Waals surface area contributed by atoms with E-state index in [1.807, 2.05) is 0 Å². The lowest BCUT2D eigenvalue weighted by Gasteiger charge is -2.19. The molecule has 0 atom stereocenters. The van der Waals surface area contributed by atoms with Gasteiger partial charge in [-0.3, -0.25) is 9.59 Å². The molecule has 1 aliphatic heterocycles. The number of carbonyl (C=O) groups is 3. The van der Waals surface area contributed by atoms with Gasteiger partial charge in [-0.25, -0.2) is 9.69 Å². The molecule has 0 unspecified atom stereocenters. The highest BCUT2D eigenvalue weighted by atomic mass is 35.5. The summed E-state index contributed by atoms with van der Waals surface area (Å²) in [7, 11) is 0. The van der Waals surface area contributed by atoms with E-state index in [4.69, 9.17) is 11.6 Å². The van der Waals surface area contributed by atoms with Gasteiger partial charge >= 0.3 is 5.97 Å². The van der Waals surface area contributed by atoms with Crippen molar-refractivity contribution in [2.45, 2.75) is 20.3 Å². The summed E-state index contributed by atoms with van der Waals surface area (Å²) in [6.45, 7) is 3.30. The smallest absolute Gasteiger partial charge is 0.339 e. The molecule has 0 aromatic heterocycles. The minimum absolute atomic E-state index is 0.00435. The normalized spacial score (nSPS) is 17.9. The zero-order valence-electron chi connectivity index (χ0n) is 10.4. The number of rotatable bonds is 2. The molecule has 0 saturated carbocycles. The number of anilines is 1. The van der Waals surface area contributed by atoms with Crippen molar-refractivity contribution in [2.75, 3.05) is 4.90 Å². The summed E-state index contributed by atoms with van der Waals surface area (Å²) in [5, 5.41) is 9.17. The Morgan fingerprint density at radius 1 is 1.37 bits per heavy atom. The van der Waals surface area contributed by atoms with Gasteiger partial charge in [-0.1, -0.05) is 31.5 Å². The number of hydrogen-bond acceptors (Lipinski definition) is 3. The van der Waals surface area contributed by atoms with Crippen molar-refractivity contribution in [1.29, 1.82) is 0 Å². The number of carbonyl (C=O) groups excluding carboxylic acids is 2. The molecular weight excluding hydrogens is 270 g/mol. The fourth-order valence-corrected chi connectivity index (χ4v) is 2.35. The van der Waals surface area contributed by atoms with Crippen LogP contribution in [0.1, 0.15) is 30.6 Å². The third-order valence-corrected chi connectivity index (χ3v) is 3.39. The third-order valence-electron chi connectivity index (χ3n) is 3.07. The van der Waals surface area contributed by atoms with Crippen molar-refractivity contribution in [3.8, 4) is 0 Å². The quantitative estimate of drug-likeness (QED) is 0.844. The Morgan fingerprint density at radius 2 is 2.00 bits per heavy atom. The fourth-order valence-electron chi connectivity index (χ4n) is 2.10. The van der Waals surface area contributed by atoms with E-state index >= 15 is 0 Å². The molecule has 0 spiro atoms. The molecule has 1 N–H and O–H groups in total. The Labute approximate surface area is 114 Å². The molecule has 1 aliphatic rings. The molecule has 0 radical (unpaired) electrons. The summed E-state index contributed by atoms with van der Waals surface area (Å²) in [4.78, 5) is 36.3. The monoisotopic (exact) mass is 281 g/mol. The zero-order valence-corrected chi connectivity index (χ0v) is 11.2. The first-order valence-electron chi connectivity index (χ1n) is 5.65. The summed E-state index contributed by atoms with van der Waals surface area (Å²) in [6.07, 6.45) is 0.0530. The van der Waals surface area contributed by atoms with Crippen LogP contribution in [-0.2, 0) is 9.59 Å². The first kappa shape index (κ1) is 13.5. The third kappa shape index (κ3) is 2.10. The minimum Gasteiger partial charge on any atom is -0.478 e. The van der Waals surface area contributed by atoms with E-state index < -0.39 is 23.2 Å². The number of benzene rings is 1. The van der Waals surface area contributed by atoms with Crippen molar-refractivity contribution >= 4 is 35.1 Å². The van der Waals surface area contributed by atoms with Gasteiger partial charge in [0, 0.05) is 6.42 Å². The van der Waals surface area contributed by atoms with Gasteiger partial charge in [-0.2, -0.15) is 0 Å². The van der Waals surface area contributed by atoms with E-state index in [1.165, 1.54) is 18.2 Å². The van der Waals surface area contributed by atoms with Gasteiger partial charge in [0.25, 0.3) is 0 Å². The predicted octanol–water partition coefficient (Wildman–Crippen LogP) is 2.33. The number of nitrogens with zero attached hydrogens (tertiary/aromatic N) is 1. The lowest BCUT2D eigenvalue weighted by molar-refractivity contribution is -0.124. The van der Waals surface area contributed by atoms with Gasteiger partial charge in [0.15, 0.2) is 0 Å². The van der Waals surface area contributed by atoms with Crippen molar-refractivity contribution in [2.24, 2.45) is 5.41 Å². The molecule has 1 fully saturated rings. The minimum atomic E-state index is -1.27. The molecule has 2 rings (SSSR count). The Hall–Kier alpha value is -1.88. The largest absolute Gasteiger partial charge is 0.478 e. The van der Waals surface area contributed by atoms with Crippen LogP contribution in [0.3, 0.4) is 0 Å². The SMILES string of the molecule is CC1(C)CC(=O)N(c2cccc(Cl)c2C(=O)O)C1=O. The van der Waals surface area contributed by atoms with Gasteiger partial charge < -0.3 is 5.11 Å². The summed E-state index contributed by atoms with van der Waals surface area (Å²) >= 11 is 5.84. The maximum atomic E-state index is 12.2. The van der Waals surface area contributed by atoms with Crippen LogP contribution in [0.2, 0.25) is 5.02 Å². The van der Waals surface area contributed by atoms with Gasteiger partial charge in [-0.05, 0) is 12.1 Å². The molecular formula is C13H12ClNO4. The standard InChI is InChI=1S/C13H12ClNO4/c1-13(2)6-9(16)15(12(13)19)8-5-3-4-7(14)10(8)11(17)18/h3-5H,6H2,1-2H3,(H,17,18). The van der Waals surface area contributed by atoms with E-state index in [9.17, 15) is 19.5 Å². The highest BCUT2D eigenvalue weighted by Crippen LogP contribution is 2.38. The van der Waals surface area contributed by atoms with E-state index in [2.05, 4.69) is 0 Å². The lowest BCUT2D eigenvalue weighted by Crippen LogP contribution is -2.34.